The molecule has 0 saturated heterocycles. The van der Waals surface area contributed by atoms with Crippen LogP contribution in [-0.2, 0) is 11.2 Å². The van der Waals surface area contributed by atoms with Gasteiger partial charge in [-0.3, -0.25) is 5.10 Å². The van der Waals surface area contributed by atoms with Gasteiger partial charge in [-0.05, 0) is 36.7 Å². The lowest BCUT2D eigenvalue weighted by Gasteiger charge is -2.18. The van der Waals surface area contributed by atoms with Crippen molar-refractivity contribution in [3.8, 4) is 0 Å². The number of aryl methyl sites for hydroxylation is 1. The lowest BCUT2D eigenvalue weighted by atomic mass is 10.1. The van der Waals surface area contributed by atoms with Crippen LogP contribution in [0.15, 0.2) is 23.4 Å². The first-order valence-corrected chi connectivity index (χ1v) is 6.68. The Balaban J connectivity index is 2.44. The van der Waals surface area contributed by atoms with Gasteiger partial charge in [-0.15, -0.1) is 0 Å². The molecule has 3 nitrogen and oxygen atoms in total. The second kappa shape index (κ2) is 5.26. The highest BCUT2D eigenvalue weighted by molar-refractivity contribution is 7.91. The van der Waals surface area contributed by atoms with E-state index in [4.69, 9.17) is 0 Å². The number of halogens is 3. The van der Waals surface area contributed by atoms with E-state index in [1.165, 1.54) is 26.2 Å². The van der Waals surface area contributed by atoms with Gasteiger partial charge in [0.15, 0.2) is 16.5 Å². The van der Waals surface area contributed by atoms with E-state index >= 15 is 0 Å². The number of hydrogen-bond acceptors (Lipinski definition) is 2. The van der Waals surface area contributed by atoms with Gasteiger partial charge in [-0.25, -0.2) is 13.2 Å². The Morgan fingerprint density at radius 2 is 2.00 bits per heavy atom. The molecule has 2 atom stereocenters. The molecule has 1 heterocycles. The summed E-state index contributed by atoms with van der Waals surface area (Å²) in [6.45, 7) is 2.64. The van der Waals surface area contributed by atoms with Crippen molar-refractivity contribution in [2.24, 2.45) is 0 Å². The van der Waals surface area contributed by atoms with Crippen molar-refractivity contribution < 1.29 is 17.7 Å². The molecule has 0 aliphatic carbocycles. The molecule has 0 fully saturated rings. The Morgan fingerprint density at radius 1 is 1.32 bits per heavy atom. The highest BCUT2D eigenvalue weighted by Gasteiger charge is 2.31. The molecule has 0 aliphatic rings. The maximum absolute atomic E-state index is 13.8. The maximum atomic E-state index is 13.8. The van der Waals surface area contributed by atoms with Gasteiger partial charge in [0.1, 0.15) is 17.3 Å². The highest BCUT2D eigenvalue weighted by atomic mass is 32.2. The van der Waals surface area contributed by atoms with E-state index in [1.807, 2.05) is 0 Å². The Labute approximate surface area is 111 Å². The highest BCUT2D eigenvalue weighted by Crippen LogP contribution is 2.33. The second-order valence-corrected chi connectivity index (χ2v) is 5.86. The topological polar surface area (TPSA) is 51.7 Å². The molecule has 0 bridgehead atoms. The van der Waals surface area contributed by atoms with Gasteiger partial charge in [0, 0.05) is 0 Å². The number of aromatic nitrogens is 2. The third-order valence-electron chi connectivity index (χ3n) is 2.81. The van der Waals surface area contributed by atoms with E-state index < -0.39 is 39.4 Å². The van der Waals surface area contributed by atoms with Gasteiger partial charge in [-0.1, -0.05) is 0 Å². The molecule has 0 radical (unpaired) electrons. The van der Waals surface area contributed by atoms with Crippen molar-refractivity contribution in [1.29, 1.82) is 0 Å². The van der Waals surface area contributed by atoms with E-state index in [2.05, 4.69) is 10.2 Å². The fourth-order valence-corrected chi connectivity index (χ4v) is 2.92. The Morgan fingerprint density at radius 3 is 2.58 bits per heavy atom. The van der Waals surface area contributed by atoms with Crippen LogP contribution in [0.3, 0.4) is 0 Å². The van der Waals surface area contributed by atoms with Crippen molar-refractivity contribution in [3.63, 3.8) is 0 Å². The van der Waals surface area contributed by atoms with Gasteiger partial charge in [0.25, 0.3) is 0 Å². The van der Waals surface area contributed by atoms with Gasteiger partial charge >= 0.3 is 0 Å². The van der Waals surface area contributed by atoms with Crippen LogP contribution >= 0.6 is 0 Å². The first-order valence-electron chi connectivity index (χ1n) is 5.46. The second-order valence-electron chi connectivity index (χ2n) is 4.09. The van der Waals surface area contributed by atoms with Crippen LogP contribution in [0, 0.1) is 24.4 Å². The number of nitrogens with one attached hydrogen (secondary N) is 1. The first-order chi connectivity index (χ1) is 8.93. The predicted octanol–water partition coefficient (Wildman–Crippen LogP) is 3.00. The van der Waals surface area contributed by atoms with Crippen LogP contribution in [-0.4, -0.2) is 14.8 Å². The molecule has 0 aliphatic heterocycles. The number of rotatable bonds is 3. The van der Waals surface area contributed by atoms with Crippen LogP contribution in [0.5, 0.6) is 0 Å². The van der Waals surface area contributed by atoms with Gasteiger partial charge in [0.05, 0.1) is 11.8 Å². The van der Waals surface area contributed by atoms with Crippen molar-refractivity contribution in [2.75, 3.05) is 0 Å². The third kappa shape index (κ3) is 2.48. The van der Waals surface area contributed by atoms with Crippen molar-refractivity contribution in [3.05, 3.63) is 47.0 Å². The zero-order chi connectivity index (χ0) is 14.2. The molecule has 7 heteroatoms. The molecule has 0 saturated carbocycles. The predicted molar refractivity (Wildman–Crippen MR) is 64.5 cm³/mol. The molecule has 1 aromatic carbocycles. The van der Waals surface area contributed by atoms with Crippen LogP contribution in [0.4, 0.5) is 13.2 Å². The third-order valence-corrected chi connectivity index (χ3v) is 4.37. The fraction of sp³-hybridized carbons (Fsp3) is 0.250. The molecule has 102 valence electrons. The molecule has 2 unspecified atom stereocenters. The van der Waals surface area contributed by atoms with E-state index in [0.29, 0.717) is 4.90 Å². The standard InChI is InChI=1S/C12H11F3N2OS/c1-6-3-9(13)10(12(15)11(6)14)7(2)19(18)8-4-16-17-5-8/h3-5,7H,1-2H3,(H,16,17). The van der Waals surface area contributed by atoms with Gasteiger partial charge in [0.2, 0.25) is 0 Å². The summed E-state index contributed by atoms with van der Waals surface area (Å²) < 4.78 is 53.2. The molecule has 19 heavy (non-hydrogen) atoms. The molecular weight excluding hydrogens is 277 g/mol. The summed E-state index contributed by atoms with van der Waals surface area (Å²) >= 11 is -1.72. The lowest BCUT2D eigenvalue weighted by Crippen LogP contribution is -2.15. The van der Waals surface area contributed by atoms with Crippen LogP contribution < -0.4 is 0 Å². The van der Waals surface area contributed by atoms with Crippen LogP contribution in [0.1, 0.15) is 23.3 Å². The van der Waals surface area contributed by atoms with E-state index in [9.17, 15) is 17.7 Å². The summed E-state index contributed by atoms with van der Waals surface area (Å²) in [5.41, 5.74) is -0.636. The summed E-state index contributed by atoms with van der Waals surface area (Å²) in [7, 11) is 0. The van der Waals surface area contributed by atoms with Gasteiger partial charge < -0.3 is 4.55 Å². The first kappa shape index (κ1) is 14.0. The molecule has 0 spiro atoms. The minimum atomic E-state index is -1.72. The number of hydrogen-bond donors (Lipinski definition) is 1. The van der Waals surface area contributed by atoms with Crippen molar-refractivity contribution >= 4 is 11.2 Å². The Bertz CT molecular complexity index is 589. The summed E-state index contributed by atoms with van der Waals surface area (Å²) in [5, 5.41) is 5.06. The van der Waals surface area contributed by atoms with Crippen LogP contribution in [0.2, 0.25) is 0 Å². The maximum Gasteiger partial charge on any atom is 0.190 e. The Hall–Kier alpha value is -1.47. The monoisotopic (exact) mass is 288 g/mol. The summed E-state index contributed by atoms with van der Waals surface area (Å²) in [4.78, 5) is 0.298. The minimum absolute atomic E-state index is 0.125. The quantitative estimate of drug-likeness (QED) is 0.697. The van der Waals surface area contributed by atoms with Gasteiger partial charge in [-0.2, -0.15) is 5.10 Å². The van der Waals surface area contributed by atoms with E-state index in [0.717, 1.165) is 6.07 Å². The summed E-state index contributed by atoms with van der Waals surface area (Å²) in [6, 6.07) is 0.900. The van der Waals surface area contributed by atoms with Crippen molar-refractivity contribution in [2.45, 2.75) is 24.0 Å². The average molecular weight is 288 g/mol. The van der Waals surface area contributed by atoms with E-state index in [1.54, 1.807) is 0 Å². The van der Waals surface area contributed by atoms with Crippen molar-refractivity contribution in [1.82, 2.24) is 10.2 Å². The molecule has 1 N–H and O–H groups in total. The zero-order valence-electron chi connectivity index (χ0n) is 10.2. The summed E-state index contributed by atoms with van der Waals surface area (Å²) in [5.74, 6) is -3.31. The normalized spacial score (nSPS) is 14.4. The molecule has 2 rings (SSSR count). The fourth-order valence-electron chi connectivity index (χ4n) is 1.76. The van der Waals surface area contributed by atoms with Crippen LogP contribution in [0.25, 0.3) is 0 Å². The summed E-state index contributed by atoms with van der Waals surface area (Å²) in [6.07, 6.45) is 2.67. The zero-order valence-corrected chi connectivity index (χ0v) is 11.0. The Kier molecular flexibility index (Phi) is 3.86. The number of H-pyrrole nitrogens is 1. The molecule has 0 amide bonds. The molecule has 1 aromatic heterocycles. The smallest absolute Gasteiger partial charge is 0.190 e. The SMILES string of the molecule is Cc1cc(F)c(C(C)[S+]([O-])c2cn[nH]c2)c(F)c1F. The van der Waals surface area contributed by atoms with E-state index in [-0.39, 0.29) is 5.56 Å². The largest absolute Gasteiger partial charge is 0.611 e. The minimum Gasteiger partial charge on any atom is -0.611 e. The average Bonchev–Trinajstić information content (AvgIpc) is 2.88. The molecule has 2 aromatic rings. The number of aromatic amines is 1. The lowest BCUT2D eigenvalue weighted by molar-refractivity contribution is 0.471. The molecular formula is C12H11F3N2OS. The number of nitrogens with zero attached hydrogens (tertiary/aromatic N) is 1. The number of benzene rings is 1.